The van der Waals surface area contributed by atoms with Gasteiger partial charge in [-0.1, -0.05) is 11.6 Å². The van der Waals surface area contributed by atoms with Crippen molar-refractivity contribution in [2.75, 3.05) is 19.5 Å². The fourth-order valence-corrected chi connectivity index (χ4v) is 1.83. The van der Waals surface area contributed by atoms with Crippen molar-refractivity contribution in [3.05, 3.63) is 47.0 Å². The van der Waals surface area contributed by atoms with E-state index in [2.05, 4.69) is 9.97 Å². The van der Waals surface area contributed by atoms with E-state index in [1.807, 2.05) is 0 Å². The Morgan fingerprint density at radius 2 is 2.20 bits per heavy atom. The summed E-state index contributed by atoms with van der Waals surface area (Å²) in [6, 6.07) is 5.55. The topological polar surface area (TPSA) is 70.3 Å². The van der Waals surface area contributed by atoms with Crippen molar-refractivity contribution in [1.82, 2.24) is 9.97 Å². The first-order chi connectivity index (χ1) is 9.60. The summed E-state index contributed by atoms with van der Waals surface area (Å²) in [7, 11) is 1.53. The molecule has 106 valence electrons. The zero-order valence-corrected chi connectivity index (χ0v) is 11.5. The zero-order valence-electron chi connectivity index (χ0n) is 10.7. The first kappa shape index (κ1) is 14.5. The average Bonchev–Trinajstić information content (AvgIpc) is 2.41. The number of anilines is 1. The maximum Gasteiger partial charge on any atom is 0.220 e. The van der Waals surface area contributed by atoms with Crippen molar-refractivity contribution in [3.8, 4) is 5.75 Å². The fourth-order valence-electron chi connectivity index (χ4n) is 1.62. The van der Waals surface area contributed by atoms with Gasteiger partial charge in [0.05, 0.1) is 17.3 Å². The maximum atomic E-state index is 13.0. The highest BCUT2D eigenvalue weighted by atomic mass is 35.5. The second kappa shape index (κ2) is 6.49. The second-order valence-electron chi connectivity index (χ2n) is 3.98. The summed E-state index contributed by atoms with van der Waals surface area (Å²) < 4.78 is 23.8. The van der Waals surface area contributed by atoms with E-state index in [1.54, 1.807) is 6.07 Å². The van der Waals surface area contributed by atoms with Gasteiger partial charge in [0.25, 0.3) is 0 Å². The molecule has 1 aromatic heterocycles. The first-order valence-corrected chi connectivity index (χ1v) is 6.17. The molecule has 0 saturated carbocycles. The van der Waals surface area contributed by atoms with Crippen LogP contribution in [0.5, 0.6) is 5.75 Å². The Morgan fingerprint density at radius 3 is 2.85 bits per heavy atom. The number of nitrogens with two attached hydrogens (primary N) is 1. The van der Waals surface area contributed by atoms with Crippen LogP contribution in [0.2, 0.25) is 5.02 Å². The van der Waals surface area contributed by atoms with Gasteiger partial charge in [0.1, 0.15) is 11.6 Å². The van der Waals surface area contributed by atoms with Crippen molar-refractivity contribution in [1.29, 1.82) is 0 Å². The molecule has 0 bridgehead atoms. The normalized spacial score (nSPS) is 12.2. The Balaban J connectivity index is 2.25. The van der Waals surface area contributed by atoms with Crippen LogP contribution in [-0.2, 0) is 4.74 Å². The number of hydrogen-bond donors (Lipinski definition) is 1. The number of methoxy groups -OCH3 is 1. The molecule has 0 aliphatic rings. The summed E-state index contributed by atoms with van der Waals surface area (Å²) in [6.45, 7) is 0.240. The summed E-state index contributed by atoms with van der Waals surface area (Å²) in [6.07, 6.45) is 1.00. The molecule has 0 fully saturated rings. The lowest BCUT2D eigenvalue weighted by Gasteiger charge is -2.18. The van der Waals surface area contributed by atoms with Crippen molar-refractivity contribution in [2.45, 2.75) is 6.10 Å². The smallest absolute Gasteiger partial charge is 0.220 e. The van der Waals surface area contributed by atoms with E-state index in [0.29, 0.717) is 11.4 Å². The highest BCUT2D eigenvalue weighted by Gasteiger charge is 2.17. The molecule has 0 radical (unpaired) electrons. The van der Waals surface area contributed by atoms with Gasteiger partial charge in [-0.15, -0.1) is 0 Å². The zero-order chi connectivity index (χ0) is 14.5. The van der Waals surface area contributed by atoms with E-state index < -0.39 is 11.9 Å². The molecule has 5 nitrogen and oxygen atoms in total. The monoisotopic (exact) mass is 297 g/mol. The standard InChI is InChI=1S/C13H13ClFN3O2/c1-19-7-12(10-4-5-17-13(16)18-10)20-11-3-2-8(15)6-9(11)14/h2-6,12H,7H2,1H3,(H2,16,17,18). The minimum absolute atomic E-state index is 0.136. The number of hydrogen-bond acceptors (Lipinski definition) is 5. The third-order valence-corrected chi connectivity index (χ3v) is 2.80. The summed E-state index contributed by atoms with van der Waals surface area (Å²) >= 11 is 5.93. The van der Waals surface area contributed by atoms with Gasteiger partial charge < -0.3 is 15.2 Å². The lowest BCUT2D eigenvalue weighted by Crippen LogP contribution is -2.16. The molecule has 0 aliphatic heterocycles. The highest BCUT2D eigenvalue weighted by Crippen LogP contribution is 2.29. The van der Waals surface area contributed by atoms with Crippen molar-refractivity contribution < 1.29 is 13.9 Å². The van der Waals surface area contributed by atoms with Gasteiger partial charge >= 0.3 is 0 Å². The number of ether oxygens (including phenoxy) is 2. The molecular formula is C13H13ClFN3O2. The van der Waals surface area contributed by atoms with E-state index in [-0.39, 0.29) is 17.6 Å². The molecule has 2 aromatic rings. The Labute approximate surface area is 120 Å². The van der Waals surface area contributed by atoms with E-state index >= 15 is 0 Å². The first-order valence-electron chi connectivity index (χ1n) is 5.79. The lowest BCUT2D eigenvalue weighted by molar-refractivity contribution is 0.0785. The SMILES string of the molecule is COCC(Oc1ccc(F)cc1Cl)c1ccnc(N)n1. The molecule has 1 aromatic carbocycles. The molecule has 2 rings (SSSR count). The van der Waals surface area contributed by atoms with Crippen LogP contribution in [-0.4, -0.2) is 23.7 Å². The van der Waals surface area contributed by atoms with E-state index in [0.717, 1.165) is 0 Å². The van der Waals surface area contributed by atoms with Gasteiger partial charge in [0.15, 0.2) is 6.10 Å². The number of halogens is 2. The number of benzene rings is 1. The largest absolute Gasteiger partial charge is 0.480 e. The molecule has 7 heteroatoms. The summed E-state index contributed by atoms with van der Waals surface area (Å²) in [5, 5.41) is 0.174. The summed E-state index contributed by atoms with van der Waals surface area (Å²) in [5.41, 5.74) is 6.10. The summed E-state index contributed by atoms with van der Waals surface area (Å²) in [4.78, 5) is 7.89. The van der Waals surface area contributed by atoms with E-state index in [1.165, 1.54) is 31.5 Å². The minimum Gasteiger partial charge on any atom is -0.480 e. The maximum absolute atomic E-state index is 13.0. The third kappa shape index (κ3) is 3.55. The predicted octanol–water partition coefficient (Wildman–Crippen LogP) is 2.62. The Hall–Kier alpha value is -1.92. The number of nitrogen functional groups attached to an aromatic ring is 1. The van der Waals surface area contributed by atoms with Gasteiger partial charge in [-0.25, -0.2) is 14.4 Å². The Morgan fingerprint density at radius 1 is 1.40 bits per heavy atom. The Kier molecular flexibility index (Phi) is 4.70. The van der Waals surface area contributed by atoms with Gasteiger partial charge in [-0.2, -0.15) is 0 Å². The molecule has 1 unspecified atom stereocenters. The molecule has 0 saturated heterocycles. The minimum atomic E-state index is -0.520. The van der Waals surface area contributed by atoms with Crippen molar-refractivity contribution in [2.24, 2.45) is 0 Å². The van der Waals surface area contributed by atoms with Gasteiger partial charge in [0.2, 0.25) is 5.95 Å². The molecule has 0 spiro atoms. The molecule has 1 heterocycles. The van der Waals surface area contributed by atoms with Crippen molar-refractivity contribution >= 4 is 17.5 Å². The van der Waals surface area contributed by atoms with Crippen LogP contribution in [0.1, 0.15) is 11.8 Å². The molecule has 20 heavy (non-hydrogen) atoms. The third-order valence-electron chi connectivity index (χ3n) is 2.51. The molecular weight excluding hydrogens is 285 g/mol. The van der Waals surface area contributed by atoms with E-state index in [9.17, 15) is 4.39 Å². The molecule has 2 N–H and O–H groups in total. The van der Waals surface area contributed by atoms with Crippen LogP contribution in [0.15, 0.2) is 30.5 Å². The van der Waals surface area contributed by atoms with Crippen LogP contribution in [0.4, 0.5) is 10.3 Å². The number of rotatable bonds is 5. The lowest BCUT2D eigenvalue weighted by atomic mass is 10.2. The second-order valence-corrected chi connectivity index (χ2v) is 4.38. The van der Waals surface area contributed by atoms with Gasteiger partial charge in [-0.3, -0.25) is 0 Å². The quantitative estimate of drug-likeness (QED) is 0.918. The predicted molar refractivity (Wildman–Crippen MR) is 73.1 cm³/mol. The van der Waals surface area contributed by atoms with Crippen molar-refractivity contribution in [3.63, 3.8) is 0 Å². The van der Waals surface area contributed by atoms with Crippen LogP contribution in [0, 0.1) is 5.82 Å². The molecule has 0 amide bonds. The highest BCUT2D eigenvalue weighted by molar-refractivity contribution is 6.32. The number of aromatic nitrogens is 2. The van der Waals surface area contributed by atoms with Crippen LogP contribution < -0.4 is 10.5 Å². The Bertz CT molecular complexity index is 598. The van der Waals surface area contributed by atoms with Gasteiger partial charge in [0, 0.05) is 13.3 Å². The van der Waals surface area contributed by atoms with Crippen LogP contribution in [0.3, 0.4) is 0 Å². The van der Waals surface area contributed by atoms with Crippen LogP contribution in [0.25, 0.3) is 0 Å². The average molecular weight is 298 g/mol. The fraction of sp³-hybridized carbons (Fsp3) is 0.231. The number of nitrogens with zero attached hydrogens (tertiary/aromatic N) is 2. The summed E-state index contributed by atoms with van der Waals surface area (Å²) in [5.74, 6) is 0.0432. The molecule has 1 atom stereocenters. The van der Waals surface area contributed by atoms with Gasteiger partial charge in [-0.05, 0) is 24.3 Å². The molecule has 0 aliphatic carbocycles. The van der Waals surface area contributed by atoms with E-state index in [4.69, 9.17) is 26.8 Å². The van der Waals surface area contributed by atoms with Crippen LogP contribution >= 0.6 is 11.6 Å².